The molecule has 0 amide bonds. The molecule has 3 aromatic rings. The molecule has 6 heteroatoms. The van der Waals surface area contributed by atoms with E-state index in [-0.39, 0.29) is 11.6 Å². The fraction of sp³-hybridized carbons (Fsp3) is 0.450. The van der Waals surface area contributed by atoms with Gasteiger partial charge in [0.2, 0.25) is 0 Å². The van der Waals surface area contributed by atoms with E-state index in [1.807, 2.05) is 31.3 Å². The molecule has 3 heterocycles. The second-order valence-electron chi connectivity index (χ2n) is 7.36. The molecule has 134 valence electrons. The van der Waals surface area contributed by atoms with Gasteiger partial charge in [-0.25, -0.2) is 4.98 Å². The minimum atomic E-state index is 0.0276. The van der Waals surface area contributed by atoms with Crippen molar-refractivity contribution in [3.05, 3.63) is 57.5 Å². The number of hydrogen-bond acceptors (Lipinski definition) is 5. The highest BCUT2D eigenvalue weighted by Crippen LogP contribution is 2.34. The molecule has 2 aromatic heterocycles. The monoisotopic (exact) mass is 350 g/mol. The summed E-state index contributed by atoms with van der Waals surface area (Å²) in [5.41, 5.74) is 3.17. The Hall–Kier alpha value is -2.47. The number of aryl methyl sites for hydroxylation is 1. The van der Waals surface area contributed by atoms with Crippen LogP contribution in [-0.4, -0.2) is 26.2 Å². The van der Waals surface area contributed by atoms with Crippen LogP contribution in [0.2, 0.25) is 0 Å². The van der Waals surface area contributed by atoms with E-state index in [1.54, 1.807) is 4.57 Å². The predicted octanol–water partition coefficient (Wildman–Crippen LogP) is 2.75. The number of nitrogens with zero attached hydrogens (tertiary/aromatic N) is 4. The summed E-state index contributed by atoms with van der Waals surface area (Å²) in [6.07, 6.45) is 5.35. The maximum Gasteiger partial charge on any atom is 0.261 e. The molecular formula is C20H22N4O2. The van der Waals surface area contributed by atoms with Crippen molar-refractivity contribution in [1.82, 2.24) is 19.6 Å². The smallest absolute Gasteiger partial charge is 0.261 e. The van der Waals surface area contributed by atoms with Crippen molar-refractivity contribution in [3.63, 3.8) is 0 Å². The van der Waals surface area contributed by atoms with Crippen LogP contribution in [-0.2, 0) is 26.4 Å². The van der Waals surface area contributed by atoms with Crippen LogP contribution < -0.4 is 5.56 Å². The van der Waals surface area contributed by atoms with Gasteiger partial charge in [0.1, 0.15) is 17.3 Å². The Kier molecular flexibility index (Phi) is 3.67. The van der Waals surface area contributed by atoms with E-state index in [2.05, 4.69) is 10.1 Å². The molecule has 2 aliphatic rings. The molecule has 0 spiro atoms. The Morgan fingerprint density at radius 2 is 2.12 bits per heavy atom. The first-order chi connectivity index (χ1) is 12.7. The largest absolute Gasteiger partial charge is 0.361 e. The van der Waals surface area contributed by atoms with Crippen molar-refractivity contribution >= 4 is 10.9 Å². The van der Waals surface area contributed by atoms with Crippen LogP contribution in [0.4, 0.5) is 0 Å². The van der Waals surface area contributed by atoms with Crippen molar-refractivity contribution in [3.8, 4) is 0 Å². The Morgan fingerprint density at radius 3 is 3.04 bits per heavy atom. The van der Waals surface area contributed by atoms with Crippen molar-refractivity contribution < 1.29 is 4.52 Å². The average Bonchev–Trinajstić information content (AvgIpc) is 3.37. The van der Waals surface area contributed by atoms with Gasteiger partial charge in [-0.1, -0.05) is 17.3 Å². The summed E-state index contributed by atoms with van der Waals surface area (Å²) in [5.74, 6) is 1.92. The third-order valence-electron chi connectivity index (χ3n) is 5.81. The van der Waals surface area contributed by atoms with Crippen LogP contribution in [0.5, 0.6) is 0 Å². The quantitative estimate of drug-likeness (QED) is 0.727. The lowest BCUT2D eigenvalue weighted by Crippen LogP contribution is -2.30. The zero-order valence-electron chi connectivity index (χ0n) is 14.9. The van der Waals surface area contributed by atoms with Crippen LogP contribution in [0, 0.1) is 0 Å². The van der Waals surface area contributed by atoms with Gasteiger partial charge in [0.25, 0.3) is 5.56 Å². The number of aromatic nitrogens is 3. The van der Waals surface area contributed by atoms with Gasteiger partial charge in [0.15, 0.2) is 0 Å². The van der Waals surface area contributed by atoms with Crippen LogP contribution in [0.15, 0.2) is 33.6 Å². The minimum absolute atomic E-state index is 0.0276. The molecule has 1 atom stereocenters. The van der Waals surface area contributed by atoms with Crippen LogP contribution in [0.1, 0.15) is 48.1 Å². The minimum Gasteiger partial charge on any atom is -0.361 e. The lowest BCUT2D eigenvalue weighted by atomic mass is 10.1. The molecule has 1 aliphatic carbocycles. The fourth-order valence-electron chi connectivity index (χ4n) is 4.44. The van der Waals surface area contributed by atoms with E-state index in [1.165, 1.54) is 5.56 Å². The normalized spacial score (nSPS) is 20.1. The van der Waals surface area contributed by atoms with Gasteiger partial charge in [-0.2, -0.15) is 0 Å². The standard InChI is InChI=1S/C20H22N4O2/c1-23-19(21-15-8-3-2-6-14(15)20(23)25)17-9-5-11-24(17)12-16-13-7-4-10-18(13)26-22-16/h2-3,6,8,17H,4-5,7,9-12H2,1H3. The number of rotatable bonds is 3. The average molecular weight is 350 g/mol. The lowest BCUT2D eigenvalue weighted by molar-refractivity contribution is 0.226. The zero-order valence-corrected chi connectivity index (χ0v) is 14.9. The Bertz CT molecular complexity index is 1040. The van der Waals surface area contributed by atoms with Crippen LogP contribution >= 0.6 is 0 Å². The van der Waals surface area contributed by atoms with Gasteiger partial charge in [0.05, 0.1) is 16.9 Å². The highest BCUT2D eigenvalue weighted by atomic mass is 16.5. The van der Waals surface area contributed by atoms with Gasteiger partial charge >= 0.3 is 0 Å². The first kappa shape index (κ1) is 15.8. The molecule has 0 saturated carbocycles. The molecule has 1 saturated heterocycles. The third-order valence-corrected chi connectivity index (χ3v) is 5.81. The van der Waals surface area contributed by atoms with E-state index >= 15 is 0 Å². The first-order valence-corrected chi connectivity index (χ1v) is 9.38. The highest BCUT2D eigenvalue weighted by Gasteiger charge is 2.32. The number of hydrogen-bond donors (Lipinski definition) is 0. The van der Waals surface area contributed by atoms with E-state index in [0.717, 1.165) is 68.0 Å². The second-order valence-corrected chi connectivity index (χ2v) is 7.36. The first-order valence-electron chi connectivity index (χ1n) is 9.38. The molecule has 0 bridgehead atoms. The third kappa shape index (κ3) is 2.40. The number of para-hydroxylation sites is 1. The number of fused-ring (bicyclic) bond motifs is 2. The Balaban J connectivity index is 1.52. The van der Waals surface area contributed by atoms with E-state index in [9.17, 15) is 4.79 Å². The van der Waals surface area contributed by atoms with Crippen molar-refractivity contribution in [2.45, 2.75) is 44.7 Å². The van der Waals surface area contributed by atoms with Crippen molar-refractivity contribution in [2.75, 3.05) is 6.54 Å². The van der Waals surface area contributed by atoms with E-state index < -0.39 is 0 Å². The molecule has 1 fully saturated rings. The van der Waals surface area contributed by atoms with Crippen LogP contribution in [0.3, 0.4) is 0 Å². The molecule has 6 nitrogen and oxygen atoms in total. The van der Waals surface area contributed by atoms with Gasteiger partial charge in [-0.3, -0.25) is 14.3 Å². The SMILES string of the molecule is Cn1c(C2CCCN2Cc2noc3c2CCC3)nc2ccccc2c1=O. The molecule has 1 unspecified atom stereocenters. The second kappa shape index (κ2) is 6.06. The Morgan fingerprint density at radius 1 is 1.23 bits per heavy atom. The summed E-state index contributed by atoms with van der Waals surface area (Å²) in [7, 11) is 1.83. The lowest BCUT2D eigenvalue weighted by Gasteiger charge is -2.25. The van der Waals surface area contributed by atoms with Gasteiger partial charge < -0.3 is 4.52 Å². The fourth-order valence-corrected chi connectivity index (χ4v) is 4.44. The van der Waals surface area contributed by atoms with Crippen molar-refractivity contribution in [2.24, 2.45) is 7.05 Å². The summed E-state index contributed by atoms with van der Waals surface area (Å²) in [6, 6.07) is 7.73. The summed E-state index contributed by atoms with van der Waals surface area (Å²) in [5, 5.41) is 4.99. The maximum atomic E-state index is 12.8. The predicted molar refractivity (Wildman–Crippen MR) is 97.9 cm³/mol. The summed E-state index contributed by atoms with van der Waals surface area (Å²) < 4.78 is 7.23. The highest BCUT2D eigenvalue weighted by molar-refractivity contribution is 5.77. The summed E-state index contributed by atoms with van der Waals surface area (Å²) in [6.45, 7) is 1.77. The molecule has 0 N–H and O–H groups in total. The van der Waals surface area contributed by atoms with Gasteiger partial charge in [-0.15, -0.1) is 0 Å². The van der Waals surface area contributed by atoms with E-state index in [0.29, 0.717) is 5.39 Å². The van der Waals surface area contributed by atoms with Crippen molar-refractivity contribution in [1.29, 1.82) is 0 Å². The van der Waals surface area contributed by atoms with E-state index in [4.69, 9.17) is 9.51 Å². The topological polar surface area (TPSA) is 64.2 Å². The number of likely N-dealkylation sites (tertiary alicyclic amines) is 1. The molecule has 26 heavy (non-hydrogen) atoms. The number of benzene rings is 1. The molecule has 5 rings (SSSR count). The summed E-state index contributed by atoms with van der Waals surface area (Å²) in [4.78, 5) is 20.0. The maximum absolute atomic E-state index is 12.8. The molecule has 1 aliphatic heterocycles. The van der Waals surface area contributed by atoms with Gasteiger partial charge in [0, 0.05) is 25.6 Å². The Labute approximate surface area is 151 Å². The molecule has 1 aromatic carbocycles. The van der Waals surface area contributed by atoms with Crippen LogP contribution in [0.25, 0.3) is 10.9 Å². The molecular weight excluding hydrogens is 328 g/mol. The molecule has 0 radical (unpaired) electrons. The van der Waals surface area contributed by atoms with Gasteiger partial charge in [-0.05, 0) is 44.4 Å². The summed E-state index contributed by atoms with van der Waals surface area (Å²) >= 11 is 0. The zero-order chi connectivity index (χ0) is 17.7.